The summed E-state index contributed by atoms with van der Waals surface area (Å²) < 4.78 is 20.2. The highest BCUT2D eigenvalue weighted by Crippen LogP contribution is 2.36. The molecular weight excluding hydrogens is 361 g/mol. The fourth-order valence-electron chi connectivity index (χ4n) is 3.38. The van der Waals surface area contributed by atoms with Crippen molar-refractivity contribution in [2.75, 3.05) is 13.2 Å². The van der Waals surface area contributed by atoms with E-state index in [4.69, 9.17) is 4.74 Å². The molecule has 7 heteroatoms. The van der Waals surface area contributed by atoms with Crippen molar-refractivity contribution in [1.82, 2.24) is 15.1 Å². The summed E-state index contributed by atoms with van der Waals surface area (Å²) >= 11 is 0. The average molecular weight is 381 g/mol. The minimum Gasteiger partial charge on any atom is -0.493 e. The van der Waals surface area contributed by atoms with Crippen LogP contribution in [0.3, 0.4) is 0 Å². The number of para-hydroxylation sites is 1. The first kappa shape index (κ1) is 18.2. The SMILES string of the molecule is Cn1nc(-c2ccc(F)cc2)cc1C(=O)NCC1(O)CCOc2ccccc21. The number of fused-ring (bicyclic) bond motifs is 1. The molecule has 1 amide bonds. The highest BCUT2D eigenvalue weighted by molar-refractivity contribution is 5.93. The Hall–Kier alpha value is -3.19. The molecule has 1 atom stereocenters. The highest BCUT2D eigenvalue weighted by atomic mass is 19.1. The number of nitrogens with one attached hydrogen (secondary N) is 1. The van der Waals surface area contributed by atoms with Crippen LogP contribution in [0.2, 0.25) is 0 Å². The Morgan fingerprint density at radius 1 is 1.29 bits per heavy atom. The molecule has 4 rings (SSSR count). The summed E-state index contributed by atoms with van der Waals surface area (Å²) in [5, 5.41) is 18.2. The van der Waals surface area contributed by atoms with Gasteiger partial charge in [-0.2, -0.15) is 5.10 Å². The molecule has 2 heterocycles. The van der Waals surface area contributed by atoms with E-state index in [2.05, 4.69) is 10.4 Å². The maximum absolute atomic E-state index is 13.1. The van der Waals surface area contributed by atoms with Crippen LogP contribution >= 0.6 is 0 Å². The number of ether oxygens (including phenoxy) is 1. The normalized spacial score (nSPS) is 18.2. The largest absolute Gasteiger partial charge is 0.493 e. The molecule has 0 bridgehead atoms. The van der Waals surface area contributed by atoms with E-state index in [0.717, 1.165) is 0 Å². The fraction of sp³-hybridized carbons (Fsp3) is 0.238. The molecule has 2 aromatic carbocycles. The Balaban J connectivity index is 1.51. The van der Waals surface area contributed by atoms with E-state index in [-0.39, 0.29) is 18.3 Å². The first-order valence-electron chi connectivity index (χ1n) is 8.99. The van der Waals surface area contributed by atoms with E-state index < -0.39 is 5.60 Å². The van der Waals surface area contributed by atoms with Crippen molar-refractivity contribution < 1.29 is 19.0 Å². The molecule has 0 aliphatic carbocycles. The zero-order valence-corrected chi connectivity index (χ0v) is 15.4. The van der Waals surface area contributed by atoms with Crippen molar-refractivity contribution in [3.8, 4) is 17.0 Å². The Labute approximate surface area is 161 Å². The highest BCUT2D eigenvalue weighted by Gasteiger charge is 2.36. The third-order valence-corrected chi connectivity index (χ3v) is 4.96. The molecule has 144 valence electrons. The zero-order chi connectivity index (χ0) is 19.7. The molecule has 0 radical (unpaired) electrons. The van der Waals surface area contributed by atoms with Gasteiger partial charge in [0.05, 0.1) is 18.8 Å². The van der Waals surface area contributed by atoms with Gasteiger partial charge in [-0.3, -0.25) is 9.48 Å². The van der Waals surface area contributed by atoms with Gasteiger partial charge >= 0.3 is 0 Å². The minimum absolute atomic E-state index is 0.0588. The number of nitrogens with zero attached hydrogens (tertiary/aromatic N) is 2. The first-order chi connectivity index (χ1) is 13.5. The molecule has 1 aliphatic rings. The molecule has 0 saturated carbocycles. The summed E-state index contributed by atoms with van der Waals surface area (Å²) in [6.07, 6.45) is 0.385. The molecule has 0 saturated heterocycles. The van der Waals surface area contributed by atoms with Crippen LogP contribution in [0.25, 0.3) is 11.3 Å². The topological polar surface area (TPSA) is 76.4 Å². The van der Waals surface area contributed by atoms with Gasteiger partial charge < -0.3 is 15.2 Å². The number of hydrogen-bond acceptors (Lipinski definition) is 4. The van der Waals surface area contributed by atoms with Gasteiger partial charge in [-0.25, -0.2) is 4.39 Å². The van der Waals surface area contributed by atoms with Crippen LogP contribution in [-0.4, -0.2) is 33.9 Å². The maximum atomic E-state index is 13.1. The number of carbonyl (C=O) groups excluding carboxylic acids is 1. The molecule has 1 unspecified atom stereocenters. The van der Waals surface area contributed by atoms with E-state index in [1.165, 1.54) is 16.8 Å². The predicted molar refractivity (Wildman–Crippen MR) is 101 cm³/mol. The van der Waals surface area contributed by atoms with Crippen LogP contribution in [0.5, 0.6) is 5.75 Å². The van der Waals surface area contributed by atoms with Crippen LogP contribution in [0, 0.1) is 5.82 Å². The van der Waals surface area contributed by atoms with Crippen molar-refractivity contribution in [3.05, 3.63) is 71.7 Å². The standard InChI is InChI=1S/C21H20FN3O3/c1-25-18(12-17(24-25)14-6-8-15(22)9-7-14)20(26)23-13-21(27)10-11-28-19-5-3-2-4-16(19)21/h2-9,12,27H,10-11,13H2,1H3,(H,23,26). The van der Waals surface area contributed by atoms with Crippen LogP contribution < -0.4 is 10.1 Å². The third kappa shape index (κ3) is 3.36. The summed E-state index contributed by atoms with van der Waals surface area (Å²) in [6, 6.07) is 14.8. The number of aryl methyl sites for hydroxylation is 1. The van der Waals surface area contributed by atoms with Crippen molar-refractivity contribution in [3.63, 3.8) is 0 Å². The summed E-state index contributed by atoms with van der Waals surface area (Å²) in [5.74, 6) is -0.0481. The van der Waals surface area contributed by atoms with Crippen molar-refractivity contribution >= 4 is 5.91 Å². The number of amides is 1. The van der Waals surface area contributed by atoms with Gasteiger partial charge in [0.15, 0.2) is 0 Å². The van der Waals surface area contributed by atoms with E-state index in [9.17, 15) is 14.3 Å². The van der Waals surface area contributed by atoms with Gasteiger partial charge in [-0.15, -0.1) is 0 Å². The zero-order valence-electron chi connectivity index (χ0n) is 15.4. The maximum Gasteiger partial charge on any atom is 0.269 e. The Morgan fingerprint density at radius 2 is 2.04 bits per heavy atom. The number of carbonyl (C=O) groups is 1. The molecule has 6 nitrogen and oxygen atoms in total. The van der Waals surface area contributed by atoms with Gasteiger partial charge in [0, 0.05) is 24.6 Å². The molecule has 1 aliphatic heterocycles. The van der Waals surface area contributed by atoms with Crippen molar-refractivity contribution in [2.45, 2.75) is 12.0 Å². The number of aromatic nitrogens is 2. The summed E-state index contributed by atoms with van der Waals surface area (Å²) in [5.41, 5.74) is 1.11. The lowest BCUT2D eigenvalue weighted by atomic mass is 9.88. The Morgan fingerprint density at radius 3 is 2.82 bits per heavy atom. The van der Waals surface area contributed by atoms with Crippen LogP contribution in [-0.2, 0) is 12.6 Å². The number of benzene rings is 2. The van der Waals surface area contributed by atoms with E-state index >= 15 is 0 Å². The van der Waals surface area contributed by atoms with Crippen LogP contribution in [0.1, 0.15) is 22.5 Å². The van der Waals surface area contributed by atoms with Gasteiger partial charge in [-0.05, 0) is 36.4 Å². The van der Waals surface area contributed by atoms with E-state index in [1.807, 2.05) is 12.1 Å². The lowest BCUT2D eigenvalue weighted by molar-refractivity contribution is -0.00168. The summed E-state index contributed by atoms with van der Waals surface area (Å²) in [4.78, 5) is 12.7. The van der Waals surface area contributed by atoms with Gasteiger partial charge in [0.25, 0.3) is 5.91 Å². The molecule has 0 fully saturated rings. The second-order valence-electron chi connectivity index (χ2n) is 6.85. The summed E-state index contributed by atoms with van der Waals surface area (Å²) in [7, 11) is 1.67. The number of aliphatic hydroxyl groups is 1. The van der Waals surface area contributed by atoms with Crippen molar-refractivity contribution in [1.29, 1.82) is 0 Å². The van der Waals surface area contributed by atoms with Crippen molar-refractivity contribution in [2.24, 2.45) is 7.05 Å². The molecule has 28 heavy (non-hydrogen) atoms. The van der Waals surface area contributed by atoms with Gasteiger partial charge in [-0.1, -0.05) is 18.2 Å². The second kappa shape index (κ2) is 7.09. The molecule has 2 N–H and O–H groups in total. The lowest BCUT2D eigenvalue weighted by Crippen LogP contribution is -2.44. The molecular formula is C21H20FN3O3. The monoisotopic (exact) mass is 381 g/mol. The number of hydrogen-bond donors (Lipinski definition) is 2. The predicted octanol–water partition coefficient (Wildman–Crippen LogP) is 2.63. The van der Waals surface area contributed by atoms with Crippen LogP contribution in [0.4, 0.5) is 4.39 Å². The van der Waals surface area contributed by atoms with E-state index in [1.54, 1.807) is 37.4 Å². The second-order valence-corrected chi connectivity index (χ2v) is 6.85. The van der Waals surface area contributed by atoms with Crippen LogP contribution in [0.15, 0.2) is 54.6 Å². The fourth-order valence-corrected chi connectivity index (χ4v) is 3.38. The molecule has 0 spiro atoms. The Kier molecular flexibility index (Phi) is 4.60. The van der Waals surface area contributed by atoms with Gasteiger partial charge in [0.1, 0.15) is 22.9 Å². The lowest BCUT2D eigenvalue weighted by Gasteiger charge is -2.34. The van der Waals surface area contributed by atoms with E-state index in [0.29, 0.717) is 41.3 Å². The Bertz CT molecular complexity index is 1020. The molecule has 3 aromatic rings. The average Bonchev–Trinajstić information content (AvgIpc) is 3.09. The number of halogens is 1. The first-order valence-corrected chi connectivity index (χ1v) is 8.99. The molecule has 1 aromatic heterocycles. The summed E-state index contributed by atoms with van der Waals surface area (Å²) in [6.45, 7) is 0.438. The minimum atomic E-state index is -1.19. The smallest absolute Gasteiger partial charge is 0.269 e. The number of rotatable bonds is 4. The third-order valence-electron chi connectivity index (χ3n) is 4.96. The van der Waals surface area contributed by atoms with Gasteiger partial charge in [0.2, 0.25) is 0 Å². The quantitative estimate of drug-likeness (QED) is 0.729.